The lowest BCUT2D eigenvalue weighted by molar-refractivity contribution is -0.128. The first kappa shape index (κ1) is 70.8. The highest BCUT2D eigenvalue weighted by Gasteiger charge is 2.36. The zero-order valence-corrected chi connectivity index (χ0v) is 57.5. The summed E-state index contributed by atoms with van der Waals surface area (Å²) in [5.74, 6) is 3.50. The molecule has 3 aliphatic rings. The molecule has 4 aromatic carbocycles. The van der Waals surface area contributed by atoms with E-state index < -0.39 is 5.91 Å². The first-order valence-corrected chi connectivity index (χ1v) is 34.0. The Balaban J connectivity index is 0.000000147. The molecule has 0 unspecified atom stereocenters. The lowest BCUT2D eigenvalue weighted by atomic mass is 10.0. The molecule has 7 aromatic heterocycles. The number of likely N-dealkylation sites (tertiary alicyclic amines) is 3. The molecule has 14 rings (SSSR count). The third-order valence-electron chi connectivity index (χ3n) is 18.2. The molecule has 104 heavy (non-hydrogen) atoms. The number of hydrogen-bond donors (Lipinski definition) is 6. The summed E-state index contributed by atoms with van der Waals surface area (Å²) in [6.07, 6.45) is 23.2. The van der Waals surface area contributed by atoms with Crippen LogP contribution in [-0.4, -0.2) is 145 Å². The van der Waals surface area contributed by atoms with Crippen LogP contribution in [-0.2, 0) is 14.4 Å². The van der Waals surface area contributed by atoms with Gasteiger partial charge in [-0.1, -0.05) is 86.0 Å². The van der Waals surface area contributed by atoms with E-state index in [1.54, 1.807) is 101 Å². The Morgan fingerprint density at radius 1 is 0.567 bits per heavy atom. The molecule has 3 fully saturated rings. The largest absolute Gasteiger partial charge is 0.457 e. The van der Waals surface area contributed by atoms with Crippen LogP contribution in [0.2, 0.25) is 0 Å². The zero-order chi connectivity index (χ0) is 73.0. The van der Waals surface area contributed by atoms with Gasteiger partial charge in [-0.15, -0.1) is 0 Å². The summed E-state index contributed by atoms with van der Waals surface area (Å²) < 4.78 is 11.5. The van der Waals surface area contributed by atoms with Crippen molar-refractivity contribution in [2.75, 3.05) is 74.7 Å². The van der Waals surface area contributed by atoms with Crippen molar-refractivity contribution >= 4 is 75.6 Å². The van der Waals surface area contributed by atoms with Gasteiger partial charge in [0.15, 0.2) is 0 Å². The van der Waals surface area contributed by atoms with Crippen molar-refractivity contribution in [1.82, 2.24) is 62.9 Å². The average molecular weight is 1390 g/mol. The molecular weight excluding hydrogens is 1310 g/mol. The smallest absolute Gasteiger partial charge is 0.256 e. The minimum Gasteiger partial charge on any atom is -0.457 e. The van der Waals surface area contributed by atoms with Gasteiger partial charge in [-0.25, -0.2) is 29.9 Å². The molecule has 3 aliphatic heterocycles. The summed E-state index contributed by atoms with van der Waals surface area (Å²) in [6, 6.07) is 41.4. The zero-order valence-electron chi connectivity index (χ0n) is 57.5. The van der Waals surface area contributed by atoms with Gasteiger partial charge in [0, 0.05) is 110 Å². The molecule has 11 aromatic rings. The van der Waals surface area contributed by atoms with Gasteiger partial charge in [0.2, 0.25) is 17.7 Å². The normalized spacial score (nSPS) is 15.6. The van der Waals surface area contributed by atoms with E-state index >= 15 is 0 Å². The number of nitrogens with one attached hydrogen (secondary N) is 2. The van der Waals surface area contributed by atoms with Crippen molar-refractivity contribution in [2.45, 2.75) is 56.7 Å². The summed E-state index contributed by atoms with van der Waals surface area (Å²) >= 11 is 0. The third kappa shape index (κ3) is 15.7. The summed E-state index contributed by atoms with van der Waals surface area (Å²) in [6.45, 7) is 10.4. The fraction of sp³-hybridized carbons (Fsp3) is 0.205. The van der Waals surface area contributed by atoms with Crippen molar-refractivity contribution in [3.05, 3.63) is 249 Å². The number of nitrogen functional groups attached to an aromatic ring is 3. The molecule has 528 valence electrons. The molecule has 0 saturated carbocycles. The number of nitrogens with zero attached hydrogens (tertiary/aromatic N) is 13. The number of imidazole rings is 2. The second-order valence-corrected chi connectivity index (χ2v) is 25.2. The van der Waals surface area contributed by atoms with Gasteiger partial charge < -0.3 is 62.5 Å². The van der Waals surface area contributed by atoms with Crippen LogP contribution < -0.4 is 38.3 Å². The van der Waals surface area contributed by atoms with E-state index in [1.807, 2.05) is 141 Å². The van der Waals surface area contributed by atoms with Crippen LogP contribution in [0, 0.1) is 0 Å². The highest BCUT2D eigenvalue weighted by Crippen LogP contribution is 2.40. The number of benzene rings is 4. The molecule has 10 N–H and O–H groups in total. The SMILES string of the molecule is C=CC(=O)N1CCC[C@@H](n2cc(-c3ccc(Oc4ccccc4)cc3)c(C(N)=O)c2N)C1.C=CC(=O)N1CCC[C@H]1c1nc(-c2ccc(C(=O)Nc3ccccn3)cc2)c2c(N)nccn12.CN(C)C/C=C/C(=O)N1CCC[C@H]1c1nc(-c2ccc(C(=O)Nc3ccccn3)cc2)c2c(N)nccn12. The number of ether oxygens (including phenoxy) is 1. The number of rotatable bonds is 18. The quantitative estimate of drug-likeness (QED) is 0.0435. The van der Waals surface area contributed by atoms with Crippen LogP contribution in [0.3, 0.4) is 0 Å². The maximum atomic E-state index is 13.0. The van der Waals surface area contributed by atoms with Gasteiger partial charge in [-0.05, 0) is 143 Å². The number of fused-ring (bicyclic) bond motifs is 2. The van der Waals surface area contributed by atoms with Crippen molar-refractivity contribution in [3.8, 4) is 45.1 Å². The van der Waals surface area contributed by atoms with Crippen LogP contribution in [0.1, 0.15) is 99.4 Å². The van der Waals surface area contributed by atoms with Crippen LogP contribution in [0.15, 0.2) is 220 Å². The molecule has 3 saturated heterocycles. The molecule has 26 nitrogen and oxygen atoms in total. The van der Waals surface area contributed by atoms with Crippen LogP contribution in [0.4, 0.5) is 29.1 Å². The van der Waals surface area contributed by atoms with Gasteiger partial charge >= 0.3 is 0 Å². The molecule has 0 radical (unpaired) electrons. The van der Waals surface area contributed by atoms with E-state index in [1.165, 1.54) is 12.2 Å². The number of nitrogens with two attached hydrogens (primary N) is 4. The minimum absolute atomic E-state index is 0.0297. The second kappa shape index (κ2) is 32.0. The van der Waals surface area contributed by atoms with Crippen LogP contribution in [0.5, 0.6) is 11.5 Å². The van der Waals surface area contributed by atoms with Crippen molar-refractivity contribution in [2.24, 2.45) is 5.73 Å². The second-order valence-electron chi connectivity index (χ2n) is 25.2. The molecule has 26 heteroatoms. The highest BCUT2D eigenvalue weighted by molar-refractivity contribution is 6.06. The Morgan fingerprint density at radius 3 is 1.55 bits per heavy atom. The summed E-state index contributed by atoms with van der Waals surface area (Å²) in [7, 11) is 3.92. The average Bonchev–Trinajstić information content (AvgIpc) is 1.62. The number of hydrogen-bond acceptors (Lipinski definition) is 17. The molecular formula is C78H79N19O7. The minimum atomic E-state index is -0.587. The number of para-hydroxylation sites is 1. The number of aromatic nitrogens is 9. The third-order valence-corrected chi connectivity index (χ3v) is 18.2. The number of piperidine rings is 1. The number of carbonyl (C=O) groups is 6. The maximum Gasteiger partial charge on any atom is 0.256 e. The number of carbonyl (C=O) groups excluding carboxylic acids is 6. The van der Waals surface area contributed by atoms with Gasteiger partial charge in [0.05, 0.1) is 23.7 Å². The molecule has 10 heterocycles. The Hall–Kier alpha value is -13.1. The first-order chi connectivity index (χ1) is 50.5. The number of amides is 6. The molecule has 6 amide bonds. The molecule has 3 atom stereocenters. The molecule has 0 spiro atoms. The Morgan fingerprint density at radius 2 is 1.06 bits per heavy atom. The van der Waals surface area contributed by atoms with Gasteiger partial charge in [0.1, 0.15) is 74.7 Å². The molecule has 0 bridgehead atoms. The number of pyridine rings is 2. The fourth-order valence-electron chi connectivity index (χ4n) is 13.2. The number of primary amides is 1. The van der Waals surface area contributed by atoms with E-state index in [-0.39, 0.29) is 53.2 Å². The summed E-state index contributed by atoms with van der Waals surface area (Å²) in [5.41, 5.74) is 31.6. The summed E-state index contributed by atoms with van der Waals surface area (Å²) in [4.78, 5) is 109. The van der Waals surface area contributed by atoms with E-state index in [4.69, 9.17) is 37.6 Å². The van der Waals surface area contributed by atoms with Crippen molar-refractivity contribution < 1.29 is 33.5 Å². The fourth-order valence-corrected chi connectivity index (χ4v) is 13.2. The standard InChI is InChI=1S/C28H30N8O2.C25H23N7O2.C25H26N4O3/c1-34(2)16-6-9-23(37)35-17-5-7-21(35)27-33-24(25-26(29)31-15-18-36(25)27)19-10-12-20(13-11-19)28(38)32-22-8-3-4-14-30-22;1-2-20(33)31-14-5-6-18(31)24-30-21(22-23(26)28-13-15-32(22)24)16-8-10-17(11-9-16)25(34)29-19-7-3-4-12-27-19;1-2-22(30)28-14-6-7-18(15-28)29-16-21(23(24(29)26)25(27)31)17-10-12-20(13-11-17)32-19-8-4-3-5-9-19/h3-4,6,8-15,18,21H,5,7,16-17H2,1-2H3,(H2,29,31)(H,30,32,38);2-4,7-13,15,18H,1,5-6,14H2,(H2,26,28)(H,27,29,34);2-5,8-13,16,18H,1,6-7,14-15,26H2,(H2,27,31)/b9-6+;;/t21-;2*18-/m001/s1. The van der Waals surface area contributed by atoms with E-state index in [9.17, 15) is 28.8 Å². The topological polar surface area (TPSA) is 344 Å². The van der Waals surface area contributed by atoms with Gasteiger partial charge in [-0.2, -0.15) is 0 Å². The lowest BCUT2D eigenvalue weighted by Gasteiger charge is -2.33. The van der Waals surface area contributed by atoms with Crippen molar-refractivity contribution in [1.29, 1.82) is 0 Å². The maximum absolute atomic E-state index is 13.0. The van der Waals surface area contributed by atoms with Crippen LogP contribution in [0.25, 0.3) is 44.7 Å². The van der Waals surface area contributed by atoms with Gasteiger partial charge in [0.25, 0.3) is 17.7 Å². The van der Waals surface area contributed by atoms with Crippen LogP contribution >= 0.6 is 0 Å². The van der Waals surface area contributed by atoms with Crippen molar-refractivity contribution in [3.63, 3.8) is 0 Å². The molecule has 0 aliphatic carbocycles. The number of likely N-dealkylation sites (N-methyl/N-ethyl adjacent to an activating group) is 1. The predicted octanol–water partition coefficient (Wildman–Crippen LogP) is 10.9. The predicted molar refractivity (Wildman–Crippen MR) is 400 cm³/mol. The number of anilines is 5. The Bertz CT molecular complexity index is 4980. The monoisotopic (exact) mass is 1390 g/mol. The Kier molecular flexibility index (Phi) is 21.8. The Labute approximate surface area is 600 Å². The van der Waals surface area contributed by atoms with E-state index in [0.29, 0.717) is 107 Å². The summed E-state index contributed by atoms with van der Waals surface area (Å²) in [5, 5.41) is 5.56. The van der Waals surface area contributed by atoms with Gasteiger partial charge in [-0.3, -0.25) is 37.6 Å². The van der Waals surface area contributed by atoms with E-state index in [2.05, 4.69) is 43.7 Å². The van der Waals surface area contributed by atoms with E-state index in [0.717, 1.165) is 72.6 Å². The lowest BCUT2D eigenvalue weighted by Crippen LogP contribution is -2.40. The first-order valence-electron chi connectivity index (χ1n) is 34.0. The highest BCUT2D eigenvalue weighted by atomic mass is 16.5.